The Labute approximate surface area is 107 Å². The van der Waals surface area contributed by atoms with Crippen LogP contribution in [0.15, 0.2) is 11.0 Å². The third-order valence-corrected chi connectivity index (χ3v) is 3.08. The van der Waals surface area contributed by atoms with Gasteiger partial charge in [0, 0.05) is 12.7 Å². The van der Waals surface area contributed by atoms with Crippen molar-refractivity contribution in [3.63, 3.8) is 0 Å². The first-order valence-electron chi connectivity index (χ1n) is 4.71. The average molecular weight is 336 g/mol. The predicted octanol–water partition coefficient (Wildman–Crippen LogP) is 1.27. The summed E-state index contributed by atoms with van der Waals surface area (Å²) >= 11 is 1.89. The van der Waals surface area contributed by atoms with Crippen LogP contribution in [0.3, 0.4) is 0 Å². The van der Waals surface area contributed by atoms with Crippen molar-refractivity contribution in [3.8, 4) is 0 Å². The van der Waals surface area contributed by atoms with E-state index in [4.69, 9.17) is 5.11 Å². The van der Waals surface area contributed by atoms with Crippen molar-refractivity contribution in [1.82, 2.24) is 9.55 Å². The lowest BCUT2D eigenvalue weighted by molar-refractivity contribution is -0.147. The molecule has 0 radical (unpaired) electrons. The third kappa shape index (κ3) is 2.60. The normalized spacial score (nSPS) is 11.5. The summed E-state index contributed by atoms with van der Waals surface area (Å²) in [6.45, 7) is 4.98. The first-order chi connectivity index (χ1) is 7.25. The number of aliphatic carboxylic acids is 1. The second-order valence-electron chi connectivity index (χ2n) is 4.23. The Morgan fingerprint density at radius 3 is 2.69 bits per heavy atom. The minimum Gasteiger partial charge on any atom is -0.481 e. The molecule has 0 saturated heterocycles. The highest BCUT2D eigenvalue weighted by molar-refractivity contribution is 14.1. The molecule has 16 heavy (non-hydrogen) atoms. The number of aromatic nitrogens is 2. The molecule has 0 aliphatic rings. The van der Waals surface area contributed by atoms with Gasteiger partial charge in [0.15, 0.2) is 0 Å². The molecule has 0 atom stereocenters. The fourth-order valence-corrected chi connectivity index (χ4v) is 1.63. The molecule has 1 N–H and O–H groups in total. The van der Waals surface area contributed by atoms with Gasteiger partial charge in [-0.25, -0.2) is 4.98 Å². The maximum absolute atomic E-state index is 11.8. The second kappa shape index (κ2) is 4.52. The molecule has 5 nitrogen and oxygen atoms in total. The van der Waals surface area contributed by atoms with Gasteiger partial charge in [-0.3, -0.25) is 14.2 Å². The summed E-state index contributed by atoms with van der Waals surface area (Å²) in [7, 11) is 0. The standard InChI is InChI=1S/C10H13IN2O3/c1-6-12-4-7(11)8(14)13(6)5-10(2,3)9(15)16/h4H,5H2,1-3H3,(H,15,16). The monoisotopic (exact) mass is 336 g/mol. The van der Waals surface area contributed by atoms with E-state index in [1.165, 1.54) is 10.8 Å². The van der Waals surface area contributed by atoms with Crippen LogP contribution in [0.2, 0.25) is 0 Å². The lowest BCUT2D eigenvalue weighted by Gasteiger charge is -2.21. The smallest absolute Gasteiger partial charge is 0.310 e. The maximum atomic E-state index is 11.8. The SMILES string of the molecule is Cc1ncc(I)c(=O)n1CC(C)(C)C(=O)O. The van der Waals surface area contributed by atoms with Gasteiger partial charge in [0.1, 0.15) is 5.82 Å². The zero-order valence-corrected chi connectivity index (χ0v) is 11.5. The van der Waals surface area contributed by atoms with Crippen molar-refractivity contribution in [1.29, 1.82) is 0 Å². The van der Waals surface area contributed by atoms with Gasteiger partial charge in [0.2, 0.25) is 0 Å². The molecular weight excluding hydrogens is 323 g/mol. The highest BCUT2D eigenvalue weighted by atomic mass is 127. The van der Waals surface area contributed by atoms with Gasteiger partial charge in [-0.1, -0.05) is 0 Å². The lowest BCUT2D eigenvalue weighted by atomic mass is 9.94. The molecule has 88 valence electrons. The number of rotatable bonds is 3. The van der Waals surface area contributed by atoms with Gasteiger partial charge in [-0.2, -0.15) is 0 Å². The van der Waals surface area contributed by atoms with Gasteiger partial charge in [0.25, 0.3) is 5.56 Å². The summed E-state index contributed by atoms with van der Waals surface area (Å²) in [5, 5.41) is 9.02. The Morgan fingerprint density at radius 2 is 2.19 bits per heavy atom. The van der Waals surface area contributed by atoms with Crippen molar-refractivity contribution in [2.75, 3.05) is 0 Å². The van der Waals surface area contributed by atoms with Crippen LogP contribution in [0.4, 0.5) is 0 Å². The molecule has 0 amide bonds. The van der Waals surface area contributed by atoms with E-state index in [0.717, 1.165) is 0 Å². The quantitative estimate of drug-likeness (QED) is 0.844. The van der Waals surface area contributed by atoms with Crippen LogP contribution < -0.4 is 5.56 Å². The first-order valence-corrected chi connectivity index (χ1v) is 5.79. The highest BCUT2D eigenvalue weighted by Crippen LogP contribution is 2.18. The number of carboxylic acids is 1. The molecular formula is C10H13IN2O3. The van der Waals surface area contributed by atoms with Crippen molar-refractivity contribution >= 4 is 28.6 Å². The fraction of sp³-hybridized carbons (Fsp3) is 0.500. The third-order valence-electron chi connectivity index (χ3n) is 2.34. The molecule has 0 aromatic carbocycles. The molecule has 0 fully saturated rings. The zero-order valence-electron chi connectivity index (χ0n) is 9.32. The minimum atomic E-state index is -0.985. The molecule has 6 heteroatoms. The Morgan fingerprint density at radius 1 is 1.62 bits per heavy atom. The summed E-state index contributed by atoms with van der Waals surface area (Å²) in [6.07, 6.45) is 1.49. The van der Waals surface area contributed by atoms with Crippen molar-refractivity contribution in [2.45, 2.75) is 27.3 Å². The molecule has 0 aliphatic carbocycles. The van der Waals surface area contributed by atoms with E-state index >= 15 is 0 Å². The number of carbonyl (C=O) groups is 1. The molecule has 1 heterocycles. The molecule has 1 rings (SSSR count). The topological polar surface area (TPSA) is 72.2 Å². The van der Waals surface area contributed by atoms with E-state index in [0.29, 0.717) is 9.39 Å². The van der Waals surface area contributed by atoms with E-state index in [9.17, 15) is 9.59 Å². The summed E-state index contributed by atoms with van der Waals surface area (Å²) in [4.78, 5) is 26.9. The largest absolute Gasteiger partial charge is 0.481 e. The number of hydrogen-bond donors (Lipinski definition) is 1. The van der Waals surface area contributed by atoms with Gasteiger partial charge >= 0.3 is 5.97 Å². The van der Waals surface area contributed by atoms with E-state index in [2.05, 4.69) is 4.98 Å². The highest BCUT2D eigenvalue weighted by Gasteiger charge is 2.28. The number of hydrogen-bond acceptors (Lipinski definition) is 3. The Bertz CT molecular complexity index is 479. The molecule has 0 aliphatic heterocycles. The van der Waals surface area contributed by atoms with Crippen molar-refractivity contribution in [3.05, 3.63) is 25.9 Å². The first kappa shape index (κ1) is 13.1. The van der Waals surface area contributed by atoms with Crippen LogP contribution in [-0.4, -0.2) is 20.6 Å². The Hall–Kier alpha value is -0.920. The van der Waals surface area contributed by atoms with Gasteiger partial charge in [-0.05, 0) is 43.4 Å². The predicted molar refractivity (Wildman–Crippen MR) is 67.4 cm³/mol. The average Bonchev–Trinajstić information content (AvgIpc) is 2.18. The maximum Gasteiger partial charge on any atom is 0.310 e. The van der Waals surface area contributed by atoms with E-state index in [1.807, 2.05) is 22.6 Å². The van der Waals surface area contributed by atoms with Crippen LogP contribution in [-0.2, 0) is 11.3 Å². The number of aryl methyl sites for hydroxylation is 1. The second-order valence-corrected chi connectivity index (χ2v) is 5.40. The van der Waals surface area contributed by atoms with Crippen LogP contribution in [0.25, 0.3) is 0 Å². The number of nitrogens with zero attached hydrogens (tertiary/aromatic N) is 2. The molecule has 0 unspecified atom stereocenters. The van der Waals surface area contributed by atoms with Gasteiger partial charge < -0.3 is 5.11 Å². The molecule has 0 bridgehead atoms. The van der Waals surface area contributed by atoms with E-state index < -0.39 is 11.4 Å². The van der Waals surface area contributed by atoms with Crippen molar-refractivity contribution < 1.29 is 9.90 Å². The summed E-state index contributed by atoms with van der Waals surface area (Å²) in [5.41, 5.74) is -1.18. The molecule has 0 saturated carbocycles. The Kier molecular flexibility index (Phi) is 3.72. The minimum absolute atomic E-state index is 0.122. The molecule has 1 aromatic heterocycles. The summed E-state index contributed by atoms with van der Waals surface area (Å²) in [6, 6.07) is 0. The Balaban J connectivity index is 3.21. The molecule has 1 aromatic rings. The zero-order chi connectivity index (χ0) is 12.5. The summed E-state index contributed by atoms with van der Waals surface area (Å²) < 4.78 is 1.89. The number of halogens is 1. The van der Waals surface area contributed by atoms with E-state index in [1.54, 1.807) is 20.8 Å². The van der Waals surface area contributed by atoms with Gasteiger partial charge in [-0.15, -0.1) is 0 Å². The number of carboxylic acid groups (broad SMARTS) is 1. The van der Waals surface area contributed by atoms with Crippen LogP contribution in [0, 0.1) is 15.9 Å². The molecule has 0 spiro atoms. The van der Waals surface area contributed by atoms with Crippen molar-refractivity contribution in [2.24, 2.45) is 5.41 Å². The van der Waals surface area contributed by atoms with Crippen LogP contribution >= 0.6 is 22.6 Å². The van der Waals surface area contributed by atoms with Gasteiger partial charge in [0.05, 0.1) is 8.99 Å². The summed E-state index contributed by atoms with van der Waals surface area (Å²) in [5.74, 6) is -0.405. The lowest BCUT2D eigenvalue weighted by Crippen LogP contribution is -2.36. The fourth-order valence-electron chi connectivity index (χ4n) is 1.20. The van der Waals surface area contributed by atoms with Crippen LogP contribution in [0.1, 0.15) is 19.7 Å². The van der Waals surface area contributed by atoms with Crippen LogP contribution in [0.5, 0.6) is 0 Å². The van der Waals surface area contributed by atoms with E-state index in [-0.39, 0.29) is 12.1 Å².